The summed E-state index contributed by atoms with van der Waals surface area (Å²) < 4.78 is 12.7. The fraction of sp³-hybridized carbons (Fsp3) is 0. The minimum atomic E-state index is 0.858. The number of para-hydroxylation sites is 2. The maximum atomic E-state index is 6.34. The Kier molecular flexibility index (Phi) is 5.96. The van der Waals surface area contributed by atoms with E-state index >= 15 is 0 Å². The van der Waals surface area contributed by atoms with Gasteiger partial charge in [-0.05, 0) is 98.0 Å². The highest BCUT2D eigenvalue weighted by Crippen LogP contribution is 2.42. The van der Waals surface area contributed by atoms with Gasteiger partial charge in [-0.25, -0.2) is 0 Å². The van der Waals surface area contributed by atoms with Crippen molar-refractivity contribution in [1.82, 2.24) is 0 Å². The summed E-state index contributed by atoms with van der Waals surface area (Å²) in [6, 6.07) is 62.7. The molecule has 0 aliphatic carbocycles. The molecule has 51 heavy (non-hydrogen) atoms. The number of anilines is 3. The second-order valence-corrected chi connectivity index (χ2v) is 13.3. The first-order valence-corrected chi connectivity index (χ1v) is 17.3. The van der Waals surface area contributed by atoms with Crippen molar-refractivity contribution in [1.29, 1.82) is 0 Å². The lowest BCUT2D eigenvalue weighted by molar-refractivity contribution is 0.669. The highest BCUT2D eigenvalue weighted by atomic mass is 16.3. The molecule has 0 amide bonds. The maximum absolute atomic E-state index is 6.34. The molecule has 0 atom stereocenters. The molecule has 0 fully saturated rings. The van der Waals surface area contributed by atoms with E-state index in [4.69, 9.17) is 8.83 Å². The number of rotatable bonds is 4. The van der Waals surface area contributed by atoms with Gasteiger partial charge in [0.2, 0.25) is 0 Å². The van der Waals surface area contributed by atoms with Gasteiger partial charge >= 0.3 is 0 Å². The van der Waals surface area contributed by atoms with Gasteiger partial charge in [0.25, 0.3) is 0 Å². The van der Waals surface area contributed by atoms with Crippen LogP contribution in [0.5, 0.6) is 0 Å². The number of benzene rings is 9. The second-order valence-electron chi connectivity index (χ2n) is 13.3. The molecule has 2 aromatic heterocycles. The van der Waals surface area contributed by atoms with Gasteiger partial charge in [-0.3, -0.25) is 0 Å². The average Bonchev–Trinajstić information content (AvgIpc) is 3.75. The second kappa shape index (κ2) is 10.8. The van der Waals surface area contributed by atoms with Crippen LogP contribution in [-0.2, 0) is 0 Å². The van der Waals surface area contributed by atoms with E-state index in [0.717, 1.165) is 60.9 Å². The van der Waals surface area contributed by atoms with Crippen molar-refractivity contribution in [2.75, 3.05) is 4.90 Å². The van der Waals surface area contributed by atoms with Gasteiger partial charge in [-0.15, -0.1) is 0 Å². The Labute approximate surface area is 293 Å². The Hall–Kier alpha value is -6.84. The normalized spacial score (nSPS) is 11.9. The van der Waals surface area contributed by atoms with Gasteiger partial charge in [-0.2, -0.15) is 0 Å². The molecule has 0 saturated heterocycles. The summed E-state index contributed by atoms with van der Waals surface area (Å²) >= 11 is 0. The van der Waals surface area contributed by atoms with Crippen molar-refractivity contribution < 1.29 is 8.83 Å². The fourth-order valence-electron chi connectivity index (χ4n) is 7.97. The van der Waals surface area contributed by atoms with Crippen molar-refractivity contribution in [2.45, 2.75) is 0 Å². The smallest absolute Gasteiger partial charge is 0.137 e. The van der Waals surface area contributed by atoms with Crippen LogP contribution in [-0.4, -0.2) is 0 Å². The first kappa shape index (κ1) is 28.0. The molecule has 11 aromatic rings. The third-order valence-electron chi connectivity index (χ3n) is 10.4. The van der Waals surface area contributed by atoms with Gasteiger partial charge < -0.3 is 13.7 Å². The minimum absolute atomic E-state index is 0.858. The number of hydrogen-bond donors (Lipinski definition) is 0. The summed E-state index contributed by atoms with van der Waals surface area (Å²) in [4.78, 5) is 2.28. The zero-order valence-electron chi connectivity index (χ0n) is 27.5. The summed E-state index contributed by atoms with van der Waals surface area (Å²) in [6.07, 6.45) is 0. The SMILES string of the molecule is c1ccc2c(c1)ccc1ccc3cc(-c4ccc(N(c5ccc6c(c5)oc5ccccc56)c5ccc6c(c5)oc5ccccc56)cc4)ccc3c12. The molecule has 0 saturated carbocycles. The molecule has 3 nitrogen and oxygen atoms in total. The Morgan fingerprint density at radius 1 is 0.294 bits per heavy atom. The van der Waals surface area contributed by atoms with Crippen LogP contribution in [0.3, 0.4) is 0 Å². The van der Waals surface area contributed by atoms with Crippen LogP contribution in [0.4, 0.5) is 17.1 Å². The lowest BCUT2D eigenvalue weighted by Gasteiger charge is -2.25. The quantitative estimate of drug-likeness (QED) is 0.177. The van der Waals surface area contributed by atoms with E-state index in [0.29, 0.717) is 0 Å². The first-order valence-electron chi connectivity index (χ1n) is 17.3. The Balaban J connectivity index is 1.04. The predicted molar refractivity (Wildman–Crippen MR) is 214 cm³/mol. The van der Waals surface area contributed by atoms with Crippen LogP contribution in [0, 0.1) is 0 Å². The molecule has 0 radical (unpaired) electrons. The van der Waals surface area contributed by atoms with Crippen LogP contribution < -0.4 is 4.90 Å². The lowest BCUT2D eigenvalue weighted by atomic mass is 9.94. The van der Waals surface area contributed by atoms with Gasteiger partial charge in [-0.1, -0.05) is 109 Å². The molecular formula is C48H29NO2. The van der Waals surface area contributed by atoms with E-state index in [1.807, 2.05) is 24.3 Å². The zero-order valence-corrected chi connectivity index (χ0v) is 27.5. The molecule has 0 spiro atoms. The molecular weight excluding hydrogens is 623 g/mol. The van der Waals surface area contributed by atoms with E-state index in [1.54, 1.807) is 0 Å². The molecule has 0 bridgehead atoms. The van der Waals surface area contributed by atoms with E-state index in [-0.39, 0.29) is 0 Å². The summed E-state index contributed by atoms with van der Waals surface area (Å²) in [5, 5.41) is 12.1. The molecule has 0 N–H and O–H groups in total. The van der Waals surface area contributed by atoms with Crippen LogP contribution in [0.15, 0.2) is 185 Å². The molecule has 0 unspecified atom stereocenters. The molecule has 0 aliphatic heterocycles. The molecule has 2 heterocycles. The minimum Gasteiger partial charge on any atom is -0.456 e. The largest absolute Gasteiger partial charge is 0.456 e. The molecule has 9 aromatic carbocycles. The van der Waals surface area contributed by atoms with Crippen LogP contribution >= 0.6 is 0 Å². The predicted octanol–water partition coefficient (Wildman–Crippen LogP) is 14.1. The average molecular weight is 652 g/mol. The molecule has 0 aliphatic rings. The lowest BCUT2D eigenvalue weighted by Crippen LogP contribution is -2.09. The van der Waals surface area contributed by atoms with Gasteiger partial charge in [0.1, 0.15) is 22.3 Å². The van der Waals surface area contributed by atoms with Crippen molar-refractivity contribution in [3.8, 4) is 11.1 Å². The van der Waals surface area contributed by atoms with Gasteiger partial charge in [0.05, 0.1) is 0 Å². The van der Waals surface area contributed by atoms with E-state index in [9.17, 15) is 0 Å². The Morgan fingerprint density at radius 3 is 1.43 bits per heavy atom. The van der Waals surface area contributed by atoms with Crippen LogP contribution in [0.25, 0.3) is 87.3 Å². The van der Waals surface area contributed by atoms with Gasteiger partial charge in [0.15, 0.2) is 0 Å². The van der Waals surface area contributed by atoms with Crippen molar-refractivity contribution >= 4 is 93.3 Å². The first-order chi connectivity index (χ1) is 25.2. The third kappa shape index (κ3) is 4.38. The Bertz CT molecular complexity index is 3030. The van der Waals surface area contributed by atoms with E-state index in [2.05, 4.69) is 157 Å². The van der Waals surface area contributed by atoms with Crippen LogP contribution in [0.1, 0.15) is 0 Å². The number of hydrogen-bond acceptors (Lipinski definition) is 3. The Morgan fingerprint density at radius 2 is 0.765 bits per heavy atom. The van der Waals surface area contributed by atoms with E-state index in [1.165, 1.54) is 43.4 Å². The van der Waals surface area contributed by atoms with E-state index < -0.39 is 0 Å². The number of nitrogens with zero attached hydrogens (tertiary/aromatic N) is 1. The summed E-state index contributed by atoms with van der Waals surface area (Å²) in [6.45, 7) is 0. The number of furan rings is 2. The molecule has 3 heteroatoms. The van der Waals surface area contributed by atoms with Crippen molar-refractivity contribution in [2.24, 2.45) is 0 Å². The summed E-state index contributed by atoms with van der Waals surface area (Å²) in [7, 11) is 0. The standard InChI is InChI=1S/C48H29NO2/c1-2-8-38-31(7-1)13-14-32-15-16-34-27-33(19-24-39(34)48(32)38)30-17-20-35(21-18-30)49(36-22-25-42-40-9-3-5-11-44(40)50-46(42)28-36)37-23-26-43-41-10-4-6-12-45(41)51-47(43)29-37/h1-29H. The van der Waals surface area contributed by atoms with Crippen molar-refractivity contribution in [3.63, 3.8) is 0 Å². The topological polar surface area (TPSA) is 29.5 Å². The zero-order chi connectivity index (χ0) is 33.5. The molecule has 11 rings (SSSR count). The monoisotopic (exact) mass is 651 g/mol. The summed E-state index contributed by atoms with van der Waals surface area (Å²) in [5.41, 5.74) is 8.91. The third-order valence-corrected chi connectivity index (χ3v) is 10.4. The maximum Gasteiger partial charge on any atom is 0.137 e. The number of fused-ring (bicyclic) bond motifs is 11. The van der Waals surface area contributed by atoms with Gasteiger partial charge in [0, 0.05) is 50.7 Å². The highest BCUT2D eigenvalue weighted by Gasteiger charge is 2.18. The highest BCUT2D eigenvalue weighted by molar-refractivity contribution is 6.20. The molecule has 238 valence electrons. The fourth-order valence-corrected chi connectivity index (χ4v) is 7.97. The van der Waals surface area contributed by atoms with Crippen molar-refractivity contribution in [3.05, 3.63) is 176 Å². The summed E-state index contributed by atoms with van der Waals surface area (Å²) in [5.74, 6) is 0. The van der Waals surface area contributed by atoms with Crippen LogP contribution in [0.2, 0.25) is 0 Å².